The van der Waals surface area contributed by atoms with Crippen molar-refractivity contribution < 1.29 is 19.0 Å². The Balaban J connectivity index is 1.45. The number of fused-ring (bicyclic) bond motifs is 1. The van der Waals surface area contributed by atoms with Crippen LogP contribution in [0.25, 0.3) is 0 Å². The molecular weight excluding hydrogens is 366 g/mol. The largest absolute Gasteiger partial charge is 0.491 e. The summed E-state index contributed by atoms with van der Waals surface area (Å²) in [5.74, 6) is 7.90. The van der Waals surface area contributed by atoms with Gasteiger partial charge in [0.2, 0.25) is 0 Å². The van der Waals surface area contributed by atoms with Crippen molar-refractivity contribution >= 4 is 5.91 Å². The summed E-state index contributed by atoms with van der Waals surface area (Å²) in [5, 5.41) is 2.78. The molecule has 1 N–H and O–H groups in total. The molecule has 5 heteroatoms. The first kappa shape index (κ1) is 20.6. The molecule has 0 aliphatic carbocycles. The third kappa shape index (κ3) is 5.68. The van der Waals surface area contributed by atoms with Crippen LogP contribution in [0, 0.1) is 11.8 Å². The van der Waals surface area contributed by atoms with Crippen molar-refractivity contribution in [3.8, 4) is 29.1 Å². The average Bonchev–Trinajstić information content (AvgIpc) is 2.99. The van der Waals surface area contributed by atoms with Crippen LogP contribution in [0.2, 0.25) is 0 Å². The van der Waals surface area contributed by atoms with Gasteiger partial charge in [0.1, 0.15) is 18.0 Å². The van der Waals surface area contributed by atoms with E-state index in [1.54, 1.807) is 24.3 Å². The van der Waals surface area contributed by atoms with Crippen LogP contribution in [-0.2, 0) is 6.42 Å². The monoisotopic (exact) mass is 393 g/mol. The van der Waals surface area contributed by atoms with Crippen molar-refractivity contribution in [3.63, 3.8) is 0 Å². The van der Waals surface area contributed by atoms with Gasteiger partial charge in [-0.3, -0.25) is 4.79 Å². The fraction of sp³-hybridized carbons (Fsp3) is 0.375. The van der Waals surface area contributed by atoms with Crippen molar-refractivity contribution in [1.82, 2.24) is 5.32 Å². The van der Waals surface area contributed by atoms with Gasteiger partial charge in [0.15, 0.2) is 11.5 Å². The maximum atomic E-state index is 12.2. The maximum Gasteiger partial charge on any atom is 0.252 e. The maximum absolute atomic E-state index is 12.2. The van der Waals surface area contributed by atoms with Gasteiger partial charge in [-0.2, -0.15) is 0 Å². The molecule has 29 heavy (non-hydrogen) atoms. The minimum absolute atomic E-state index is 0.0992. The Bertz CT molecular complexity index is 920. The number of hydrogen-bond acceptors (Lipinski definition) is 4. The van der Waals surface area contributed by atoms with E-state index in [4.69, 9.17) is 14.2 Å². The topological polar surface area (TPSA) is 56.8 Å². The zero-order valence-corrected chi connectivity index (χ0v) is 17.4. The van der Waals surface area contributed by atoms with Gasteiger partial charge in [-0.1, -0.05) is 24.0 Å². The van der Waals surface area contributed by atoms with Gasteiger partial charge >= 0.3 is 0 Å². The number of ether oxygens (including phenoxy) is 3. The van der Waals surface area contributed by atoms with E-state index in [0.717, 1.165) is 23.5 Å². The zero-order chi connectivity index (χ0) is 20.9. The Labute approximate surface area is 172 Å². The van der Waals surface area contributed by atoms with E-state index in [2.05, 4.69) is 37.1 Å². The first-order valence-electron chi connectivity index (χ1n) is 9.78. The second-order valence-corrected chi connectivity index (χ2v) is 7.80. The van der Waals surface area contributed by atoms with Gasteiger partial charge in [-0.05, 0) is 58.0 Å². The molecule has 0 fully saturated rings. The van der Waals surface area contributed by atoms with Crippen LogP contribution in [-0.4, -0.2) is 30.8 Å². The summed E-state index contributed by atoms with van der Waals surface area (Å²) in [4.78, 5) is 12.2. The fourth-order valence-electron chi connectivity index (χ4n) is 3.11. The number of benzene rings is 2. The van der Waals surface area contributed by atoms with E-state index in [1.807, 2.05) is 26.0 Å². The highest BCUT2D eigenvalue weighted by molar-refractivity contribution is 5.94. The molecule has 3 rings (SSSR count). The lowest BCUT2D eigenvalue weighted by Crippen LogP contribution is -2.24. The SMILES string of the molecule is CC(C)Oc1ccc(C(=O)NCC#CCOc2cccc3c2OC(C)(C)C3)cc1. The molecular formula is C24H27NO4. The lowest BCUT2D eigenvalue weighted by Gasteiger charge is -2.17. The van der Waals surface area contributed by atoms with Crippen LogP contribution < -0.4 is 19.5 Å². The molecule has 0 bridgehead atoms. The van der Waals surface area contributed by atoms with E-state index < -0.39 is 0 Å². The summed E-state index contributed by atoms with van der Waals surface area (Å²) in [6.45, 7) is 8.53. The summed E-state index contributed by atoms with van der Waals surface area (Å²) >= 11 is 0. The zero-order valence-electron chi connectivity index (χ0n) is 17.4. The van der Waals surface area contributed by atoms with Crippen LogP contribution in [0.3, 0.4) is 0 Å². The predicted molar refractivity (Wildman–Crippen MR) is 113 cm³/mol. The van der Waals surface area contributed by atoms with Gasteiger partial charge in [-0.25, -0.2) is 0 Å². The predicted octanol–water partition coefficient (Wildman–Crippen LogP) is 4.00. The Hall–Kier alpha value is -3.13. The highest BCUT2D eigenvalue weighted by Gasteiger charge is 2.32. The number of amides is 1. The molecule has 2 aromatic carbocycles. The molecule has 2 aromatic rings. The lowest BCUT2D eigenvalue weighted by atomic mass is 10.0. The van der Waals surface area contributed by atoms with Crippen LogP contribution in [0.5, 0.6) is 17.2 Å². The third-order valence-corrected chi connectivity index (χ3v) is 4.31. The highest BCUT2D eigenvalue weighted by Crippen LogP contribution is 2.41. The van der Waals surface area contributed by atoms with Crippen LogP contribution in [0.1, 0.15) is 43.6 Å². The van der Waals surface area contributed by atoms with Crippen LogP contribution in [0.4, 0.5) is 0 Å². The average molecular weight is 393 g/mol. The first-order valence-corrected chi connectivity index (χ1v) is 9.78. The summed E-state index contributed by atoms with van der Waals surface area (Å²) in [5.41, 5.74) is 1.51. The van der Waals surface area contributed by atoms with Gasteiger partial charge in [-0.15, -0.1) is 0 Å². The quantitative estimate of drug-likeness (QED) is 0.754. The van der Waals surface area contributed by atoms with Gasteiger partial charge in [0.05, 0.1) is 12.6 Å². The number of para-hydroxylation sites is 1. The molecule has 1 amide bonds. The number of hydrogen-bond donors (Lipinski definition) is 1. The highest BCUT2D eigenvalue weighted by atomic mass is 16.5. The van der Waals surface area contributed by atoms with Gasteiger partial charge < -0.3 is 19.5 Å². The van der Waals surface area contributed by atoms with E-state index in [1.165, 1.54) is 0 Å². The molecule has 1 aliphatic heterocycles. The van der Waals surface area contributed by atoms with Gasteiger partial charge in [0, 0.05) is 17.5 Å². The molecule has 1 aliphatic rings. The van der Waals surface area contributed by atoms with E-state index in [0.29, 0.717) is 11.3 Å². The number of rotatable bonds is 6. The molecule has 0 unspecified atom stereocenters. The van der Waals surface area contributed by atoms with Crippen molar-refractivity contribution in [2.75, 3.05) is 13.2 Å². The second-order valence-electron chi connectivity index (χ2n) is 7.80. The molecule has 0 saturated carbocycles. The molecule has 0 aromatic heterocycles. The number of nitrogens with one attached hydrogen (secondary N) is 1. The summed E-state index contributed by atoms with van der Waals surface area (Å²) in [6, 6.07) is 13.0. The Kier molecular flexibility index (Phi) is 6.33. The molecule has 0 saturated heterocycles. The Morgan fingerprint density at radius 2 is 1.93 bits per heavy atom. The lowest BCUT2D eigenvalue weighted by molar-refractivity contribution is 0.0958. The van der Waals surface area contributed by atoms with Crippen molar-refractivity contribution in [1.29, 1.82) is 0 Å². The van der Waals surface area contributed by atoms with Gasteiger partial charge in [0.25, 0.3) is 5.91 Å². The second kappa shape index (κ2) is 8.91. The Morgan fingerprint density at radius 3 is 2.66 bits per heavy atom. The van der Waals surface area contributed by atoms with E-state index >= 15 is 0 Å². The van der Waals surface area contributed by atoms with Crippen LogP contribution in [0.15, 0.2) is 42.5 Å². The summed E-state index contributed by atoms with van der Waals surface area (Å²) in [6.07, 6.45) is 0.962. The normalized spacial score (nSPS) is 13.7. The molecule has 5 nitrogen and oxygen atoms in total. The molecule has 0 spiro atoms. The number of carbonyl (C=O) groups is 1. The van der Waals surface area contributed by atoms with Crippen molar-refractivity contribution in [2.24, 2.45) is 0 Å². The van der Waals surface area contributed by atoms with Crippen molar-refractivity contribution in [2.45, 2.75) is 45.8 Å². The van der Waals surface area contributed by atoms with Crippen LogP contribution >= 0.6 is 0 Å². The first-order chi connectivity index (χ1) is 13.8. The smallest absolute Gasteiger partial charge is 0.252 e. The van der Waals surface area contributed by atoms with E-state index in [-0.39, 0.29) is 30.8 Å². The summed E-state index contributed by atoms with van der Waals surface area (Å²) in [7, 11) is 0. The third-order valence-electron chi connectivity index (χ3n) is 4.31. The molecule has 0 atom stereocenters. The Morgan fingerprint density at radius 1 is 1.17 bits per heavy atom. The van der Waals surface area contributed by atoms with Crippen molar-refractivity contribution in [3.05, 3.63) is 53.6 Å². The summed E-state index contributed by atoms with van der Waals surface area (Å²) < 4.78 is 17.3. The van der Waals surface area contributed by atoms with E-state index in [9.17, 15) is 4.79 Å². The fourth-order valence-corrected chi connectivity index (χ4v) is 3.11. The molecule has 0 radical (unpaired) electrons. The molecule has 152 valence electrons. The number of carbonyl (C=O) groups excluding carboxylic acids is 1. The standard InChI is InChI=1S/C24H27NO4/c1-17(2)28-20-12-10-18(11-13-20)23(26)25-14-5-6-15-27-21-9-7-8-19-16-24(3,4)29-22(19)21/h7-13,17H,14-16H2,1-4H3,(H,25,26). The molecule has 1 heterocycles. The minimum Gasteiger partial charge on any atom is -0.491 e. The minimum atomic E-state index is -0.211.